The molecule has 1 heterocycles. The highest BCUT2D eigenvalue weighted by Gasteiger charge is 2.34. The third-order valence-corrected chi connectivity index (χ3v) is 4.68. The summed E-state index contributed by atoms with van der Waals surface area (Å²) in [5.41, 5.74) is 1.27. The summed E-state index contributed by atoms with van der Waals surface area (Å²) in [6.07, 6.45) is 2.83. The predicted octanol–water partition coefficient (Wildman–Crippen LogP) is 1.97. The number of nitrogens with one attached hydrogen (secondary N) is 2. The van der Waals surface area contributed by atoms with E-state index in [0.717, 1.165) is 50.7 Å². The van der Waals surface area contributed by atoms with E-state index in [1.54, 1.807) is 7.05 Å². The fourth-order valence-corrected chi connectivity index (χ4v) is 3.14. The molecule has 0 amide bonds. The van der Waals surface area contributed by atoms with Gasteiger partial charge in [0, 0.05) is 38.8 Å². The lowest BCUT2D eigenvalue weighted by atomic mass is 9.84. The maximum Gasteiger partial charge on any atom is 0.191 e. The van der Waals surface area contributed by atoms with E-state index in [4.69, 9.17) is 9.47 Å². The summed E-state index contributed by atoms with van der Waals surface area (Å²) in [5, 5.41) is 16.0. The van der Waals surface area contributed by atoms with Gasteiger partial charge in [-0.2, -0.15) is 0 Å². The molecule has 1 aromatic carbocycles. The number of rotatable bonds is 9. The molecule has 1 saturated heterocycles. The van der Waals surface area contributed by atoms with Gasteiger partial charge in [0.1, 0.15) is 5.75 Å². The first-order valence-electron chi connectivity index (χ1n) is 9.46. The van der Waals surface area contributed by atoms with Crippen LogP contribution in [0.3, 0.4) is 0 Å². The predicted molar refractivity (Wildman–Crippen MR) is 105 cm³/mol. The van der Waals surface area contributed by atoms with Gasteiger partial charge in [-0.05, 0) is 50.8 Å². The van der Waals surface area contributed by atoms with Crippen LogP contribution in [0.15, 0.2) is 29.3 Å². The standard InChI is InChI=1S/C20H33N3O3/c1-16(2)26-18-6-4-17(5-7-18)8-11-22-19(21-3)23-14-20(9-12-24)10-13-25-15-20/h4-7,16,24H,8-15H2,1-3H3,(H2,21,22,23). The number of benzene rings is 1. The Hall–Kier alpha value is -1.79. The summed E-state index contributed by atoms with van der Waals surface area (Å²) < 4.78 is 11.2. The Morgan fingerprint density at radius 1 is 1.31 bits per heavy atom. The van der Waals surface area contributed by atoms with Crippen molar-refractivity contribution in [3.63, 3.8) is 0 Å². The summed E-state index contributed by atoms with van der Waals surface area (Å²) in [4.78, 5) is 4.29. The highest BCUT2D eigenvalue weighted by Crippen LogP contribution is 2.31. The molecular weight excluding hydrogens is 330 g/mol. The third kappa shape index (κ3) is 6.50. The highest BCUT2D eigenvalue weighted by molar-refractivity contribution is 5.79. The second-order valence-electron chi connectivity index (χ2n) is 7.19. The first kappa shape index (κ1) is 20.5. The van der Waals surface area contributed by atoms with Crippen molar-refractivity contribution in [1.29, 1.82) is 0 Å². The molecule has 0 aliphatic carbocycles. The smallest absolute Gasteiger partial charge is 0.191 e. The molecule has 26 heavy (non-hydrogen) atoms. The van der Waals surface area contributed by atoms with Crippen LogP contribution in [0, 0.1) is 5.41 Å². The molecule has 1 aliphatic heterocycles. The van der Waals surface area contributed by atoms with Crippen LogP contribution in [0.25, 0.3) is 0 Å². The van der Waals surface area contributed by atoms with Crippen molar-refractivity contribution in [2.24, 2.45) is 10.4 Å². The highest BCUT2D eigenvalue weighted by atomic mass is 16.5. The van der Waals surface area contributed by atoms with Crippen molar-refractivity contribution >= 4 is 5.96 Å². The van der Waals surface area contributed by atoms with E-state index in [1.807, 2.05) is 26.0 Å². The van der Waals surface area contributed by atoms with Crippen LogP contribution < -0.4 is 15.4 Å². The number of ether oxygens (including phenoxy) is 2. The molecule has 0 saturated carbocycles. The summed E-state index contributed by atoms with van der Waals surface area (Å²) in [7, 11) is 1.78. The van der Waals surface area contributed by atoms with E-state index in [2.05, 4.69) is 27.8 Å². The number of nitrogens with zero attached hydrogens (tertiary/aromatic N) is 1. The zero-order chi connectivity index (χ0) is 18.8. The quantitative estimate of drug-likeness (QED) is 0.462. The van der Waals surface area contributed by atoms with Gasteiger partial charge in [0.15, 0.2) is 5.96 Å². The minimum Gasteiger partial charge on any atom is -0.491 e. The topological polar surface area (TPSA) is 75.1 Å². The monoisotopic (exact) mass is 363 g/mol. The number of aliphatic hydroxyl groups is 1. The van der Waals surface area contributed by atoms with Crippen molar-refractivity contribution in [3.8, 4) is 5.75 Å². The first-order valence-corrected chi connectivity index (χ1v) is 9.46. The Balaban J connectivity index is 1.74. The van der Waals surface area contributed by atoms with Crippen molar-refractivity contribution in [2.45, 2.75) is 39.2 Å². The van der Waals surface area contributed by atoms with Gasteiger partial charge in [-0.1, -0.05) is 12.1 Å². The summed E-state index contributed by atoms with van der Waals surface area (Å²) in [6.45, 7) is 7.26. The summed E-state index contributed by atoms with van der Waals surface area (Å²) in [6, 6.07) is 8.23. The van der Waals surface area contributed by atoms with Crippen molar-refractivity contribution in [2.75, 3.05) is 40.0 Å². The molecule has 1 atom stereocenters. The lowest BCUT2D eigenvalue weighted by molar-refractivity contribution is 0.127. The summed E-state index contributed by atoms with van der Waals surface area (Å²) in [5.74, 6) is 1.69. The van der Waals surface area contributed by atoms with Crippen LogP contribution >= 0.6 is 0 Å². The maximum absolute atomic E-state index is 9.31. The summed E-state index contributed by atoms with van der Waals surface area (Å²) >= 11 is 0. The van der Waals surface area contributed by atoms with E-state index in [9.17, 15) is 5.11 Å². The van der Waals surface area contributed by atoms with Gasteiger partial charge < -0.3 is 25.2 Å². The fourth-order valence-electron chi connectivity index (χ4n) is 3.14. The van der Waals surface area contributed by atoms with Gasteiger partial charge in [-0.25, -0.2) is 0 Å². The van der Waals surface area contributed by atoms with Gasteiger partial charge in [0.05, 0.1) is 12.7 Å². The zero-order valence-corrected chi connectivity index (χ0v) is 16.3. The van der Waals surface area contributed by atoms with Crippen LogP contribution in [-0.2, 0) is 11.2 Å². The molecule has 2 rings (SSSR count). The van der Waals surface area contributed by atoms with Gasteiger partial charge in [0.25, 0.3) is 0 Å². The molecule has 0 aromatic heterocycles. The zero-order valence-electron chi connectivity index (χ0n) is 16.3. The van der Waals surface area contributed by atoms with E-state index in [0.29, 0.717) is 6.61 Å². The minimum absolute atomic E-state index is 0.0125. The molecule has 146 valence electrons. The van der Waals surface area contributed by atoms with E-state index in [-0.39, 0.29) is 18.1 Å². The van der Waals surface area contributed by atoms with Gasteiger partial charge in [0.2, 0.25) is 0 Å². The molecule has 1 fully saturated rings. The van der Waals surface area contributed by atoms with Crippen LogP contribution in [0.1, 0.15) is 32.3 Å². The molecule has 0 spiro atoms. The minimum atomic E-state index is 0.0125. The Labute approximate surface area is 157 Å². The number of guanidine groups is 1. The van der Waals surface area contributed by atoms with Crippen LogP contribution in [0.4, 0.5) is 0 Å². The molecule has 6 nitrogen and oxygen atoms in total. The molecule has 1 aromatic rings. The SMILES string of the molecule is CN=C(NCCc1ccc(OC(C)C)cc1)NCC1(CCO)CCOC1. The van der Waals surface area contributed by atoms with Gasteiger partial charge in [-0.3, -0.25) is 4.99 Å². The Morgan fingerprint density at radius 2 is 2.08 bits per heavy atom. The van der Waals surface area contributed by atoms with Gasteiger partial charge in [-0.15, -0.1) is 0 Å². The first-order chi connectivity index (χ1) is 12.6. The maximum atomic E-state index is 9.31. The van der Waals surface area contributed by atoms with Crippen molar-refractivity contribution < 1.29 is 14.6 Å². The number of aliphatic imine (C=N–C) groups is 1. The molecule has 0 bridgehead atoms. The van der Waals surface area contributed by atoms with E-state index < -0.39 is 0 Å². The third-order valence-electron chi connectivity index (χ3n) is 4.68. The molecular formula is C20H33N3O3. The van der Waals surface area contributed by atoms with E-state index in [1.165, 1.54) is 5.56 Å². The Morgan fingerprint density at radius 3 is 2.65 bits per heavy atom. The van der Waals surface area contributed by atoms with Crippen LogP contribution in [-0.4, -0.2) is 57.1 Å². The Kier molecular flexibility index (Phi) is 8.19. The second kappa shape index (κ2) is 10.4. The largest absolute Gasteiger partial charge is 0.491 e. The molecule has 1 unspecified atom stereocenters. The molecule has 6 heteroatoms. The Bertz CT molecular complexity index is 552. The fraction of sp³-hybridized carbons (Fsp3) is 0.650. The lowest BCUT2D eigenvalue weighted by Gasteiger charge is -2.27. The molecule has 0 radical (unpaired) electrons. The average Bonchev–Trinajstić information content (AvgIpc) is 3.08. The van der Waals surface area contributed by atoms with Crippen LogP contribution in [0.5, 0.6) is 5.75 Å². The number of aliphatic hydroxyl groups excluding tert-OH is 1. The normalized spacial score (nSPS) is 20.4. The number of hydrogen-bond donors (Lipinski definition) is 3. The van der Waals surface area contributed by atoms with Crippen molar-refractivity contribution in [3.05, 3.63) is 29.8 Å². The lowest BCUT2D eigenvalue weighted by Crippen LogP contribution is -2.45. The average molecular weight is 364 g/mol. The van der Waals surface area contributed by atoms with Crippen LogP contribution in [0.2, 0.25) is 0 Å². The molecule has 3 N–H and O–H groups in total. The second-order valence-corrected chi connectivity index (χ2v) is 7.19. The number of hydrogen-bond acceptors (Lipinski definition) is 4. The van der Waals surface area contributed by atoms with E-state index >= 15 is 0 Å². The van der Waals surface area contributed by atoms with Gasteiger partial charge >= 0.3 is 0 Å². The molecule has 1 aliphatic rings. The van der Waals surface area contributed by atoms with Crippen molar-refractivity contribution in [1.82, 2.24) is 10.6 Å².